The first-order valence-corrected chi connectivity index (χ1v) is 15.5. The lowest BCUT2D eigenvalue weighted by Crippen LogP contribution is -2.22. The number of alkyl halides is 5. The fourth-order valence-electron chi connectivity index (χ4n) is 6.14. The Hall–Kier alpha value is -4.01. The monoisotopic (exact) mass is 644 g/mol. The second kappa shape index (κ2) is 14.2. The van der Waals surface area contributed by atoms with Crippen LogP contribution in [0.2, 0.25) is 0 Å². The van der Waals surface area contributed by atoms with Crippen molar-refractivity contribution in [2.45, 2.75) is 76.7 Å². The van der Waals surface area contributed by atoms with Gasteiger partial charge in [0.25, 0.3) is 0 Å². The van der Waals surface area contributed by atoms with Crippen molar-refractivity contribution in [3.63, 3.8) is 0 Å². The van der Waals surface area contributed by atoms with Crippen molar-refractivity contribution >= 4 is 0 Å². The van der Waals surface area contributed by atoms with Crippen LogP contribution in [-0.2, 0) is 6.11 Å². The van der Waals surface area contributed by atoms with E-state index >= 15 is 8.78 Å². The summed E-state index contributed by atoms with van der Waals surface area (Å²) in [6.07, 6.45) is 0.935. The molecule has 1 aliphatic rings. The normalized spacial score (nSPS) is 17.1. The number of rotatable bonds is 11. The molecule has 1 aliphatic carbocycles. The van der Waals surface area contributed by atoms with Crippen LogP contribution < -0.4 is 9.47 Å². The highest BCUT2D eigenvalue weighted by molar-refractivity contribution is 5.71. The highest BCUT2D eigenvalue weighted by Gasteiger charge is 2.35. The zero-order valence-corrected chi connectivity index (χ0v) is 25.4. The standard InChI is InChI=1S/C37H35F7O2/c1-2-3-4-5-24-6-8-25(9-7-24)26-10-16-30(17-11-26)36(40,41)45-31-18-12-27(13-19-31)28-14-20-32(33(38)22-28)29-15-21-35(34(39)23-29)46-37(42,43)44/h10-25H,2-9H2,1H3. The van der Waals surface area contributed by atoms with Crippen LogP contribution in [0.1, 0.15) is 75.3 Å². The summed E-state index contributed by atoms with van der Waals surface area (Å²) < 4.78 is 105. The first-order chi connectivity index (χ1) is 21.9. The van der Waals surface area contributed by atoms with E-state index in [1.165, 1.54) is 87.1 Å². The molecule has 9 heteroatoms. The van der Waals surface area contributed by atoms with Crippen LogP contribution >= 0.6 is 0 Å². The Balaban J connectivity index is 1.20. The summed E-state index contributed by atoms with van der Waals surface area (Å²) in [6.45, 7) is 2.21. The van der Waals surface area contributed by atoms with E-state index in [4.69, 9.17) is 4.74 Å². The Labute approximate surface area is 264 Å². The molecule has 1 fully saturated rings. The number of halogens is 7. The van der Waals surface area contributed by atoms with Gasteiger partial charge in [0.1, 0.15) is 11.6 Å². The van der Waals surface area contributed by atoms with Crippen molar-refractivity contribution in [3.8, 4) is 33.8 Å². The molecule has 0 bridgehead atoms. The highest BCUT2D eigenvalue weighted by Crippen LogP contribution is 2.40. The molecule has 0 aromatic heterocycles. The van der Waals surface area contributed by atoms with Crippen molar-refractivity contribution in [1.82, 2.24) is 0 Å². The summed E-state index contributed by atoms with van der Waals surface area (Å²) in [5.41, 5.74) is 1.71. The predicted molar refractivity (Wildman–Crippen MR) is 164 cm³/mol. The molecular weight excluding hydrogens is 609 g/mol. The SMILES string of the molecule is CCCCCC1CCC(c2ccc(C(F)(F)Oc3ccc(-c4ccc(-c5ccc(OC(F)(F)F)c(F)c5)c(F)c4)cc3)cc2)CC1. The number of hydrogen-bond donors (Lipinski definition) is 0. The van der Waals surface area contributed by atoms with Gasteiger partial charge in [-0.25, -0.2) is 8.78 Å². The molecule has 1 saturated carbocycles. The summed E-state index contributed by atoms with van der Waals surface area (Å²) in [7, 11) is 0. The summed E-state index contributed by atoms with van der Waals surface area (Å²) >= 11 is 0. The number of hydrogen-bond acceptors (Lipinski definition) is 2. The van der Waals surface area contributed by atoms with Crippen LogP contribution in [0.25, 0.3) is 22.3 Å². The van der Waals surface area contributed by atoms with Gasteiger partial charge in [0.15, 0.2) is 11.6 Å². The zero-order valence-electron chi connectivity index (χ0n) is 25.4. The van der Waals surface area contributed by atoms with Crippen molar-refractivity contribution in [1.29, 1.82) is 0 Å². The number of ether oxygens (including phenoxy) is 2. The van der Waals surface area contributed by atoms with E-state index in [0.29, 0.717) is 17.0 Å². The minimum Gasteiger partial charge on any atom is -0.429 e. The average Bonchev–Trinajstić information content (AvgIpc) is 3.02. The number of benzene rings is 4. The number of unbranched alkanes of at least 4 members (excludes halogenated alkanes) is 2. The van der Waals surface area contributed by atoms with Gasteiger partial charge < -0.3 is 9.47 Å². The first-order valence-electron chi connectivity index (χ1n) is 15.5. The maximum absolute atomic E-state index is 15.1. The topological polar surface area (TPSA) is 18.5 Å². The first kappa shape index (κ1) is 33.4. The molecule has 0 saturated heterocycles. The maximum atomic E-state index is 15.1. The molecule has 244 valence electrons. The summed E-state index contributed by atoms with van der Waals surface area (Å²) in [6, 6.07) is 18.8. The van der Waals surface area contributed by atoms with E-state index in [2.05, 4.69) is 11.7 Å². The molecule has 4 aromatic carbocycles. The Morgan fingerprint density at radius 1 is 0.652 bits per heavy atom. The third-order valence-electron chi connectivity index (χ3n) is 8.65. The van der Waals surface area contributed by atoms with E-state index < -0.39 is 29.9 Å². The molecule has 0 unspecified atom stereocenters. The Bertz CT molecular complexity index is 1590. The molecule has 46 heavy (non-hydrogen) atoms. The largest absolute Gasteiger partial charge is 0.573 e. The van der Waals surface area contributed by atoms with Crippen molar-refractivity contribution in [2.24, 2.45) is 5.92 Å². The third-order valence-corrected chi connectivity index (χ3v) is 8.65. The molecule has 4 aromatic rings. The van der Waals surface area contributed by atoms with Gasteiger partial charge in [-0.15, -0.1) is 13.2 Å². The molecule has 0 heterocycles. The van der Waals surface area contributed by atoms with Crippen LogP contribution in [-0.4, -0.2) is 6.36 Å². The van der Waals surface area contributed by atoms with Gasteiger partial charge in [-0.05, 0) is 102 Å². The molecule has 0 amide bonds. The van der Waals surface area contributed by atoms with Crippen molar-refractivity contribution < 1.29 is 40.2 Å². The van der Waals surface area contributed by atoms with Gasteiger partial charge in [0.2, 0.25) is 0 Å². The maximum Gasteiger partial charge on any atom is 0.573 e. The predicted octanol–water partition coefficient (Wildman–Crippen LogP) is 12.2. The van der Waals surface area contributed by atoms with Gasteiger partial charge in [-0.2, -0.15) is 8.78 Å². The molecule has 0 aliphatic heterocycles. The van der Waals surface area contributed by atoms with E-state index in [-0.39, 0.29) is 22.4 Å². The van der Waals surface area contributed by atoms with Gasteiger partial charge >= 0.3 is 12.5 Å². The van der Waals surface area contributed by atoms with Gasteiger partial charge in [-0.1, -0.05) is 75.1 Å². The van der Waals surface area contributed by atoms with Crippen molar-refractivity contribution in [2.75, 3.05) is 0 Å². The summed E-state index contributed by atoms with van der Waals surface area (Å²) in [5.74, 6) is -1.99. The van der Waals surface area contributed by atoms with Crippen molar-refractivity contribution in [3.05, 3.63) is 108 Å². The van der Waals surface area contributed by atoms with E-state index in [9.17, 15) is 22.0 Å². The molecular formula is C37H35F7O2. The van der Waals surface area contributed by atoms with Gasteiger partial charge in [0.05, 0.1) is 5.56 Å². The minimum absolute atomic E-state index is 0.0141. The minimum atomic E-state index is -5.07. The average molecular weight is 645 g/mol. The quantitative estimate of drug-likeness (QED) is 0.119. The smallest absolute Gasteiger partial charge is 0.429 e. The Morgan fingerprint density at radius 3 is 1.89 bits per heavy atom. The Kier molecular flexibility index (Phi) is 10.3. The second-order valence-electron chi connectivity index (χ2n) is 11.9. The zero-order chi connectivity index (χ0) is 32.9. The van der Waals surface area contributed by atoms with Gasteiger partial charge in [0, 0.05) is 5.56 Å². The summed E-state index contributed by atoms with van der Waals surface area (Å²) in [4.78, 5) is 0. The molecule has 0 N–H and O–H groups in total. The molecule has 0 atom stereocenters. The van der Waals surface area contributed by atoms with Crippen LogP contribution in [0, 0.1) is 17.6 Å². The lowest BCUT2D eigenvalue weighted by Gasteiger charge is -2.29. The fraction of sp³-hybridized carbons (Fsp3) is 0.351. The lowest BCUT2D eigenvalue weighted by molar-refractivity contribution is -0.275. The molecule has 2 nitrogen and oxygen atoms in total. The molecule has 0 radical (unpaired) electrons. The second-order valence-corrected chi connectivity index (χ2v) is 11.9. The van der Waals surface area contributed by atoms with Gasteiger partial charge in [-0.3, -0.25) is 0 Å². The molecule has 5 rings (SSSR count). The molecule has 0 spiro atoms. The third kappa shape index (κ3) is 8.42. The van der Waals surface area contributed by atoms with E-state index in [1.54, 1.807) is 12.1 Å². The van der Waals surface area contributed by atoms with Crippen LogP contribution in [0.15, 0.2) is 84.9 Å². The lowest BCUT2D eigenvalue weighted by atomic mass is 9.77. The van der Waals surface area contributed by atoms with Crippen LogP contribution in [0.5, 0.6) is 11.5 Å². The highest BCUT2D eigenvalue weighted by atomic mass is 19.4. The Morgan fingerprint density at radius 2 is 1.28 bits per heavy atom. The van der Waals surface area contributed by atoms with Crippen LogP contribution in [0.4, 0.5) is 30.7 Å². The summed E-state index contributed by atoms with van der Waals surface area (Å²) in [5, 5.41) is 0. The van der Waals surface area contributed by atoms with E-state index in [0.717, 1.165) is 48.6 Å². The fourth-order valence-corrected chi connectivity index (χ4v) is 6.14. The van der Waals surface area contributed by atoms with Crippen LogP contribution in [0.3, 0.4) is 0 Å². The van der Waals surface area contributed by atoms with E-state index in [1.807, 2.05) is 0 Å².